The van der Waals surface area contributed by atoms with E-state index in [9.17, 15) is 24.5 Å². The monoisotopic (exact) mass is 931 g/mol. The second kappa shape index (κ2) is 46.2. The summed E-state index contributed by atoms with van der Waals surface area (Å²) in [6.45, 7) is 4.48. The molecule has 0 aromatic heterocycles. The fraction of sp³-hybridized carbons (Fsp3) is 0.981. The summed E-state index contributed by atoms with van der Waals surface area (Å²) in [5.74, 6) is -0.272. The summed E-state index contributed by atoms with van der Waals surface area (Å²) in [4.78, 5) is 25.5. The number of likely N-dealkylation sites (N-methyl/N-ethyl adjacent to an activating group) is 1. The number of amides is 1. The summed E-state index contributed by atoms with van der Waals surface area (Å²) < 4.78 is 23.2. The number of nitrogens with one attached hydrogen (secondary N) is 1. The first-order valence-electron chi connectivity index (χ1n) is 28.0. The van der Waals surface area contributed by atoms with Crippen LogP contribution < -0.4 is 10.2 Å². The SMILES string of the molecule is CCCCCCCCCCCCCCCCCCCCCCCCCCCCCCC(=O)NC(COP(=O)([O-])OCC[N+](C)(C)C)C(O)C(O)CCCCCCCCCCCCCC. The average molecular weight is 931 g/mol. The molecule has 0 fully saturated rings. The van der Waals surface area contributed by atoms with Crippen molar-refractivity contribution in [1.29, 1.82) is 0 Å². The van der Waals surface area contributed by atoms with Crippen molar-refractivity contribution in [2.45, 2.75) is 302 Å². The highest BCUT2D eigenvalue weighted by Gasteiger charge is 2.29. The number of nitrogens with zero attached hydrogens (tertiary/aromatic N) is 1. The van der Waals surface area contributed by atoms with Crippen LogP contribution in [0, 0.1) is 0 Å². The lowest BCUT2D eigenvalue weighted by atomic mass is 9.99. The van der Waals surface area contributed by atoms with Gasteiger partial charge in [-0.15, -0.1) is 0 Å². The molecule has 384 valence electrons. The van der Waals surface area contributed by atoms with Crippen LogP contribution in [0.2, 0.25) is 0 Å². The fourth-order valence-corrected chi connectivity index (χ4v) is 9.45. The van der Waals surface area contributed by atoms with Crippen LogP contribution in [-0.2, 0) is 18.4 Å². The molecule has 0 aliphatic heterocycles. The zero-order valence-corrected chi connectivity index (χ0v) is 44.3. The second-order valence-electron chi connectivity index (χ2n) is 20.8. The van der Waals surface area contributed by atoms with Gasteiger partial charge in [-0.2, -0.15) is 0 Å². The number of rotatable bonds is 52. The highest BCUT2D eigenvalue weighted by molar-refractivity contribution is 7.45. The van der Waals surface area contributed by atoms with Crippen molar-refractivity contribution in [3.05, 3.63) is 0 Å². The molecule has 0 aromatic rings. The highest BCUT2D eigenvalue weighted by Crippen LogP contribution is 2.38. The zero-order chi connectivity index (χ0) is 47.3. The molecule has 0 aliphatic rings. The molecule has 0 heterocycles. The largest absolute Gasteiger partial charge is 0.756 e. The fourth-order valence-electron chi connectivity index (χ4n) is 8.73. The number of phosphoric acid groups is 1. The van der Waals surface area contributed by atoms with Crippen molar-refractivity contribution in [3.8, 4) is 0 Å². The predicted octanol–water partition coefficient (Wildman–Crippen LogP) is 14.8. The average Bonchev–Trinajstić information content (AvgIpc) is 3.25. The van der Waals surface area contributed by atoms with Crippen LogP contribution in [0.3, 0.4) is 0 Å². The van der Waals surface area contributed by atoms with Gasteiger partial charge in [-0.1, -0.05) is 264 Å². The van der Waals surface area contributed by atoms with Crippen molar-refractivity contribution in [2.24, 2.45) is 0 Å². The van der Waals surface area contributed by atoms with Gasteiger partial charge in [-0.05, 0) is 12.8 Å². The zero-order valence-electron chi connectivity index (χ0n) is 43.4. The van der Waals surface area contributed by atoms with E-state index in [4.69, 9.17) is 9.05 Å². The molecule has 1 amide bonds. The van der Waals surface area contributed by atoms with E-state index in [1.165, 1.54) is 218 Å². The number of phosphoric ester groups is 1. The number of unbranched alkanes of at least 4 members (excludes halogenated alkanes) is 38. The van der Waals surface area contributed by atoms with Crippen LogP contribution in [0.4, 0.5) is 0 Å². The van der Waals surface area contributed by atoms with E-state index in [2.05, 4.69) is 19.2 Å². The third-order valence-electron chi connectivity index (χ3n) is 13.2. The molecule has 0 saturated carbocycles. The van der Waals surface area contributed by atoms with Crippen LogP contribution >= 0.6 is 7.82 Å². The molecule has 64 heavy (non-hydrogen) atoms. The van der Waals surface area contributed by atoms with Gasteiger partial charge in [0.05, 0.1) is 39.9 Å². The molecule has 0 aliphatic carbocycles. The van der Waals surface area contributed by atoms with E-state index in [-0.39, 0.29) is 18.9 Å². The molecule has 3 N–H and O–H groups in total. The minimum absolute atomic E-state index is 0.0366. The summed E-state index contributed by atoms with van der Waals surface area (Å²) >= 11 is 0. The lowest BCUT2D eigenvalue weighted by molar-refractivity contribution is -0.870. The Bertz CT molecular complexity index is 1030. The van der Waals surface area contributed by atoms with E-state index < -0.39 is 32.7 Å². The number of hydrogen-bond acceptors (Lipinski definition) is 7. The van der Waals surface area contributed by atoms with Crippen molar-refractivity contribution in [3.63, 3.8) is 0 Å². The van der Waals surface area contributed by atoms with E-state index in [1.807, 2.05) is 21.1 Å². The van der Waals surface area contributed by atoms with Gasteiger partial charge in [0.2, 0.25) is 5.91 Å². The summed E-state index contributed by atoms with van der Waals surface area (Å²) in [6, 6.07) is -1.07. The standard InChI is InChI=1S/C54H111N2O7P/c1-6-8-10-12-14-16-18-20-21-22-23-24-25-26-27-28-29-30-31-32-33-34-35-37-39-41-43-45-47-53(58)55-51(50-63-64(60,61)62-49-48-56(3,4)5)54(59)52(57)46-44-42-40-38-36-19-17-15-13-11-9-7-2/h51-52,54,57,59H,6-50H2,1-5H3,(H-,55,58,60,61). The van der Waals surface area contributed by atoms with E-state index in [0.717, 1.165) is 38.5 Å². The Morgan fingerprint density at radius 2 is 0.797 bits per heavy atom. The van der Waals surface area contributed by atoms with Crippen LogP contribution in [0.25, 0.3) is 0 Å². The number of hydrogen-bond donors (Lipinski definition) is 3. The Morgan fingerprint density at radius 3 is 1.11 bits per heavy atom. The minimum Gasteiger partial charge on any atom is -0.756 e. The van der Waals surface area contributed by atoms with Crippen molar-refractivity contribution >= 4 is 13.7 Å². The van der Waals surface area contributed by atoms with Gasteiger partial charge in [0.15, 0.2) is 0 Å². The van der Waals surface area contributed by atoms with Crippen molar-refractivity contribution in [1.82, 2.24) is 5.32 Å². The minimum atomic E-state index is -4.66. The third kappa shape index (κ3) is 46.6. The molecule has 10 heteroatoms. The second-order valence-corrected chi connectivity index (χ2v) is 22.2. The molecule has 0 bridgehead atoms. The highest BCUT2D eigenvalue weighted by atomic mass is 31.2. The molecule has 4 atom stereocenters. The molecule has 0 radical (unpaired) electrons. The quantitative estimate of drug-likeness (QED) is 0.0315. The Morgan fingerprint density at radius 1 is 0.500 bits per heavy atom. The Hall–Kier alpha value is -0.540. The van der Waals surface area contributed by atoms with E-state index >= 15 is 0 Å². The number of quaternary nitrogens is 1. The lowest BCUT2D eigenvalue weighted by Gasteiger charge is -2.31. The molecule has 9 nitrogen and oxygen atoms in total. The first kappa shape index (κ1) is 63.5. The van der Waals surface area contributed by atoms with Gasteiger partial charge in [0.25, 0.3) is 7.82 Å². The maximum Gasteiger partial charge on any atom is 0.268 e. The van der Waals surface area contributed by atoms with Gasteiger partial charge in [0.1, 0.15) is 19.3 Å². The summed E-state index contributed by atoms with van der Waals surface area (Å²) in [7, 11) is 1.14. The van der Waals surface area contributed by atoms with Crippen molar-refractivity contribution < 1.29 is 38.0 Å². The van der Waals surface area contributed by atoms with Crippen molar-refractivity contribution in [2.75, 3.05) is 40.9 Å². The number of aliphatic hydroxyl groups is 2. The first-order chi connectivity index (χ1) is 30.9. The normalized spacial score (nSPS) is 14.4. The molecular formula is C54H111N2O7P. The Labute approximate surface area is 398 Å². The van der Waals surface area contributed by atoms with Crippen LogP contribution in [-0.4, -0.2) is 79.8 Å². The third-order valence-corrected chi connectivity index (χ3v) is 14.2. The van der Waals surface area contributed by atoms with E-state index in [0.29, 0.717) is 17.4 Å². The molecule has 0 spiro atoms. The number of carbonyl (C=O) groups excluding carboxylic acids is 1. The first-order valence-corrected chi connectivity index (χ1v) is 29.4. The number of carbonyl (C=O) groups is 1. The van der Waals surface area contributed by atoms with Crippen LogP contribution in [0.5, 0.6) is 0 Å². The summed E-state index contributed by atoms with van der Waals surface area (Å²) in [5, 5.41) is 24.7. The Kier molecular flexibility index (Phi) is 45.8. The molecular weight excluding hydrogens is 820 g/mol. The molecule has 4 unspecified atom stereocenters. The lowest BCUT2D eigenvalue weighted by Crippen LogP contribution is -2.51. The van der Waals surface area contributed by atoms with Gasteiger partial charge in [0, 0.05) is 6.42 Å². The van der Waals surface area contributed by atoms with Crippen LogP contribution in [0.15, 0.2) is 0 Å². The van der Waals surface area contributed by atoms with Gasteiger partial charge in [-0.25, -0.2) is 0 Å². The molecule has 0 saturated heterocycles. The maximum absolute atomic E-state index is 13.0. The van der Waals surface area contributed by atoms with Gasteiger partial charge < -0.3 is 34.0 Å². The van der Waals surface area contributed by atoms with Gasteiger partial charge >= 0.3 is 0 Å². The maximum atomic E-state index is 13.0. The number of aliphatic hydroxyl groups excluding tert-OH is 2. The smallest absolute Gasteiger partial charge is 0.268 e. The molecule has 0 aromatic carbocycles. The topological polar surface area (TPSA) is 128 Å². The van der Waals surface area contributed by atoms with E-state index in [1.54, 1.807) is 0 Å². The predicted molar refractivity (Wildman–Crippen MR) is 272 cm³/mol. The molecule has 0 rings (SSSR count). The summed E-state index contributed by atoms with van der Waals surface area (Å²) in [6.07, 6.45) is 50.2. The summed E-state index contributed by atoms with van der Waals surface area (Å²) in [5.41, 5.74) is 0. The van der Waals surface area contributed by atoms with Crippen LogP contribution in [0.1, 0.15) is 284 Å². The Balaban J connectivity index is 4.11. The van der Waals surface area contributed by atoms with Gasteiger partial charge in [-0.3, -0.25) is 9.36 Å².